The van der Waals surface area contributed by atoms with Gasteiger partial charge < -0.3 is 14.2 Å². The minimum absolute atomic E-state index is 0.414. The molecule has 0 radical (unpaired) electrons. The third kappa shape index (κ3) is 4.09. The van der Waals surface area contributed by atoms with E-state index in [0.717, 1.165) is 28.0 Å². The standard InChI is InChI=1S/C21H20ClNO3/c1-14-10-18(16-6-9-20(22)23-12-16)21(19(11-14)25-3)26-13-15-4-7-17(24-2)8-5-15/h4-12H,13H2,1-3H3. The number of aryl methyl sites for hydroxylation is 1. The molecule has 0 N–H and O–H groups in total. The van der Waals surface area contributed by atoms with Crippen LogP contribution in [0.2, 0.25) is 5.15 Å². The Balaban J connectivity index is 1.94. The lowest BCUT2D eigenvalue weighted by Gasteiger charge is -2.16. The van der Waals surface area contributed by atoms with Crippen molar-refractivity contribution < 1.29 is 14.2 Å². The number of aromatic nitrogens is 1. The molecular weight excluding hydrogens is 350 g/mol. The van der Waals surface area contributed by atoms with Gasteiger partial charge in [0.25, 0.3) is 0 Å². The number of hydrogen-bond acceptors (Lipinski definition) is 4. The SMILES string of the molecule is COc1ccc(COc2c(OC)cc(C)cc2-c2ccc(Cl)nc2)cc1. The number of methoxy groups -OCH3 is 2. The van der Waals surface area contributed by atoms with Crippen molar-refractivity contribution in [3.63, 3.8) is 0 Å². The van der Waals surface area contributed by atoms with E-state index >= 15 is 0 Å². The van der Waals surface area contributed by atoms with Crippen molar-refractivity contribution in [1.82, 2.24) is 4.98 Å². The number of pyridine rings is 1. The predicted molar refractivity (Wildman–Crippen MR) is 103 cm³/mol. The summed E-state index contributed by atoms with van der Waals surface area (Å²) in [5, 5.41) is 0.453. The Bertz CT molecular complexity index is 877. The van der Waals surface area contributed by atoms with Gasteiger partial charge in [0.2, 0.25) is 0 Å². The molecular formula is C21H20ClNO3. The summed E-state index contributed by atoms with van der Waals surface area (Å²) in [7, 11) is 3.29. The van der Waals surface area contributed by atoms with Gasteiger partial charge >= 0.3 is 0 Å². The van der Waals surface area contributed by atoms with Gasteiger partial charge in [0.1, 0.15) is 17.5 Å². The van der Waals surface area contributed by atoms with Crippen LogP contribution < -0.4 is 14.2 Å². The Kier molecular flexibility index (Phi) is 5.64. The third-order valence-corrected chi connectivity index (χ3v) is 4.22. The van der Waals surface area contributed by atoms with Gasteiger partial charge in [-0.2, -0.15) is 0 Å². The molecule has 0 bridgehead atoms. The van der Waals surface area contributed by atoms with Gasteiger partial charge in [0.05, 0.1) is 14.2 Å². The van der Waals surface area contributed by atoms with Crippen molar-refractivity contribution in [2.75, 3.05) is 14.2 Å². The zero-order valence-electron chi connectivity index (χ0n) is 15.0. The molecule has 0 spiro atoms. The lowest BCUT2D eigenvalue weighted by atomic mass is 10.0. The fourth-order valence-electron chi connectivity index (χ4n) is 2.67. The molecule has 0 aliphatic heterocycles. The zero-order valence-corrected chi connectivity index (χ0v) is 15.7. The van der Waals surface area contributed by atoms with Crippen LogP contribution >= 0.6 is 11.6 Å². The first-order valence-corrected chi connectivity index (χ1v) is 8.55. The average molecular weight is 370 g/mol. The van der Waals surface area contributed by atoms with Gasteiger partial charge in [-0.1, -0.05) is 23.7 Å². The quantitative estimate of drug-likeness (QED) is 0.552. The topological polar surface area (TPSA) is 40.6 Å². The van der Waals surface area contributed by atoms with Crippen LogP contribution in [-0.4, -0.2) is 19.2 Å². The minimum atomic E-state index is 0.414. The maximum absolute atomic E-state index is 6.13. The molecule has 26 heavy (non-hydrogen) atoms. The fourth-order valence-corrected chi connectivity index (χ4v) is 2.78. The highest BCUT2D eigenvalue weighted by Crippen LogP contribution is 2.39. The molecule has 0 amide bonds. The highest BCUT2D eigenvalue weighted by atomic mass is 35.5. The molecule has 1 heterocycles. The number of rotatable bonds is 6. The Morgan fingerprint density at radius 2 is 1.73 bits per heavy atom. The van der Waals surface area contributed by atoms with Crippen molar-refractivity contribution in [1.29, 1.82) is 0 Å². The summed E-state index contributed by atoms with van der Waals surface area (Å²) in [6, 6.07) is 15.5. The summed E-state index contributed by atoms with van der Waals surface area (Å²) >= 11 is 5.92. The second kappa shape index (κ2) is 8.11. The first kappa shape index (κ1) is 18.1. The summed E-state index contributed by atoms with van der Waals surface area (Å²) < 4.78 is 16.9. The average Bonchev–Trinajstić information content (AvgIpc) is 2.67. The molecule has 4 nitrogen and oxygen atoms in total. The fraction of sp³-hybridized carbons (Fsp3) is 0.190. The lowest BCUT2D eigenvalue weighted by molar-refractivity contribution is 0.285. The molecule has 0 atom stereocenters. The second-order valence-corrected chi connectivity index (χ2v) is 6.24. The third-order valence-electron chi connectivity index (χ3n) is 4.00. The van der Waals surface area contributed by atoms with E-state index in [1.165, 1.54) is 0 Å². The summed E-state index contributed by atoms with van der Waals surface area (Å²) in [5.74, 6) is 2.18. The predicted octanol–water partition coefficient (Wildman–Crippen LogP) is 5.31. The van der Waals surface area contributed by atoms with E-state index in [0.29, 0.717) is 23.3 Å². The van der Waals surface area contributed by atoms with Gasteiger partial charge in [-0.3, -0.25) is 0 Å². The first-order chi connectivity index (χ1) is 12.6. The van der Waals surface area contributed by atoms with Crippen LogP contribution in [-0.2, 0) is 6.61 Å². The Morgan fingerprint density at radius 3 is 2.35 bits per heavy atom. The van der Waals surface area contributed by atoms with Gasteiger partial charge in [0.15, 0.2) is 11.5 Å². The molecule has 0 aliphatic carbocycles. The van der Waals surface area contributed by atoms with Gasteiger partial charge in [0, 0.05) is 17.3 Å². The molecule has 0 saturated carbocycles. The molecule has 0 aliphatic rings. The molecule has 5 heteroatoms. The van der Waals surface area contributed by atoms with E-state index in [4.69, 9.17) is 25.8 Å². The summed E-state index contributed by atoms with van der Waals surface area (Å²) in [6.45, 7) is 2.43. The summed E-state index contributed by atoms with van der Waals surface area (Å²) in [4.78, 5) is 4.17. The summed E-state index contributed by atoms with van der Waals surface area (Å²) in [5.41, 5.74) is 3.94. The second-order valence-electron chi connectivity index (χ2n) is 5.85. The highest BCUT2D eigenvalue weighted by molar-refractivity contribution is 6.29. The van der Waals surface area contributed by atoms with E-state index in [1.807, 2.05) is 43.3 Å². The maximum atomic E-state index is 6.13. The van der Waals surface area contributed by atoms with Crippen LogP contribution in [0.1, 0.15) is 11.1 Å². The lowest BCUT2D eigenvalue weighted by Crippen LogP contribution is -2.00. The normalized spacial score (nSPS) is 10.5. The van der Waals surface area contributed by atoms with Crippen molar-refractivity contribution in [3.05, 3.63) is 71.0 Å². The molecule has 0 fully saturated rings. The van der Waals surface area contributed by atoms with Crippen LogP contribution in [0.3, 0.4) is 0 Å². The zero-order chi connectivity index (χ0) is 18.5. The van der Waals surface area contributed by atoms with Crippen LogP contribution in [0, 0.1) is 6.92 Å². The van der Waals surface area contributed by atoms with E-state index < -0.39 is 0 Å². The molecule has 1 aromatic heterocycles. The van der Waals surface area contributed by atoms with Gasteiger partial charge in [-0.05, 0) is 54.4 Å². The highest BCUT2D eigenvalue weighted by Gasteiger charge is 2.15. The van der Waals surface area contributed by atoms with E-state index in [-0.39, 0.29) is 0 Å². The Hall–Kier alpha value is -2.72. The number of benzene rings is 2. The van der Waals surface area contributed by atoms with Crippen LogP contribution in [0.25, 0.3) is 11.1 Å². The largest absolute Gasteiger partial charge is 0.497 e. The number of hydrogen-bond donors (Lipinski definition) is 0. The smallest absolute Gasteiger partial charge is 0.169 e. The van der Waals surface area contributed by atoms with E-state index in [9.17, 15) is 0 Å². The molecule has 2 aromatic carbocycles. The van der Waals surface area contributed by atoms with Crippen molar-refractivity contribution >= 4 is 11.6 Å². The maximum Gasteiger partial charge on any atom is 0.169 e. The number of ether oxygens (including phenoxy) is 3. The van der Waals surface area contributed by atoms with Crippen molar-refractivity contribution in [2.45, 2.75) is 13.5 Å². The van der Waals surface area contributed by atoms with Crippen LogP contribution in [0.4, 0.5) is 0 Å². The summed E-state index contributed by atoms with van der Waals surface area (Å²) in [6.07, 6.45) is 1.73. The van der Waals surface area contributed by atoms with E-state index in [1.54, 1.807) is 26.5 Å². The molecule has 134 valence electrons. The van der Waals surface area contributed by atoms with E-state index in [2.05, 4.69) is 11.1 Å². The minimum Gasteiger partial charge on any atom is -0.497 e. The first-order valence-electron chi connectivity index (χ1n) is 8.17. The number of halogens is 1. The van der Waals surface area contributed by atoms with Crippen molar-refractivity contribution in [3.8, 4) is 28.4 Å². The molecule has 0 unspecified atom stereocenters. The van der Waals surface area contributed by atoms with Gasteiger partial charge in [-0.25, -0.2) is 4.98 Å². The molecule has 3 aromatic rings. The van der Waals surface area contributed by atoms with Crippen LogP contribution in [0.5, 0.6) is 17.2 Å². The Morgan fingerprint density at radius 1 is 0.962 bits per heavy atom. The van der Waals surface area contributed by atoms with Crippen molar-refractivity contribution in [2.24, 2.45) is 0 Å². The number of nitrogens with zero attached hydrogens (tertiary/aromatic N) is 1. The molecule has 0 saturated heterocycles. The van der Waals surface area contributed by atoms with Crippen LogP contribution in [0.15, 0.2) is 54.7 Å². The van der Waals surface area contributed by atoms with Gasteiger partial charge in [-0.15, -0.1) is 0 Å². The Labute approximate surface area is 158 Å². The molecule has 3 rings (SSSR count). The monoisotopic (exact) mass is 369 g/mol.